The normalized spacial score (nSPS) is 8.57. The SMILES string of the molecule is CC.COc1ccc([N+](=O)[O-])c(Cl)n1. The number of nitrogens with zero attached hydrogens (tertiary/aromatic N) is 2. The molecule has 0 aromatic carbocycles. The predicted octanol–water partition coefficient (Wildman–Crippen LogP) is 2.68. The second-order valence-corrected chi connectivity index (χ2v) is 2.28. The molecule has 0 radical (unpaired) electrons. The molecule has 0 atom stereocenters. The topological polar surface area (TPSA) is 65.3 Å². The molecular weight excluding hydrogens is 208 g/mol. The summed E-state index contributed by atoms with van der Waals surface area (Å²) in [6, 6.07) is 2.62. The molecule has 1 rings (SSSR count). The smallest absolute Gasteiger partial charge is 0.306 e. The Balaban J connectivity index is 0.000000791. The maximum Gasteiger partial charge on any atom is 0.306 e. The van der Waals surface area contributed by atoms with Crippen LogP contribution in [0.3, 0.4) is 0 Å². The van der Waals surface area contributed by atoms with Gasteiger partial charge in [0, 0.05) is 12.1 Å². The number of hydrogen-bond donors (Lipinski definition) is 0. The maximum absolute atomic E-state index is 10.3. The van der Waals surface area contributed by atoms with E-state index >= 15 is 0 Å². The number of hydrogen-bond acceptors (Lipinski definition) is 4. The van der Waals surface area contributed by atoms with E-state index in [1.165, 1.54) is 19.2 Å². The highest BCUT2D eigenvalue weighted by Crippen LogP contribution is 2.23. The van der Waals surface area contributed by atoms with Crippen LogP contribution in [0.25, 0.3) is 0 Å². The van der Waals surface area contributed by atoms with Crippen molar-refractivity contribution in [2.75, 3.05) is 7.11 Å². The van der Waals surface area contributed by atoms with Gasteiger partial charge in [0.05, 0.1) is 12.0 Å². The molecule has 6 heteroatoms. The van der Waals surface area contributed by atoms with Gasteiger partial charge in [-0.2, -0.15) is 4.98 Å². The summed E-state index contributed by atoms with van der Waals surface area (Å²) in [5.41, 5.74) is -0.225. The van der Waals surface area contributed by atoms with Gasteiger partial charge in [0.2, 0.25) is 11.0 Å². The molecule has 0 amide bonds. The van der Waals surface area contributed by atoms with Crippen molar-refractivity contribution in [2.45, 2.75) is 13.8 Å². The summed E-state index contributed by atoms with van der Waals surface area (Å²) in [6.07, 6.45) is 0. The van der Waals surface area contributed by atoms with E-state index in [1.54, 1.807) is 0 Å². The predicted molar refractivity (Wildman–Crippen MR) is 53.8 cm³/mol. The maximum atomic E-state index is 10.3. The molecule has 0 bridgehead atoms. The lowest BCUT2D eigenvalue weighted by Gasteiger charge is -1.98. The van der Waals surface area contributed by atoms with Gasteiger partial charge in [0.25, 0.3) is 0 Å². The molecule has 0 fully saturated rings. The van der Waals surface area contributed by atoms with Crippen molar-refractivity contribution in [1.29, 1.82) is 0 Å². The minimum absolute atomic E-state index is 0.167. The molecule has 0 aliphatic heterocycles. The zero-order valence-electron chi connectivity index (χ0n) is 8.15. The van der Waals surface area contributed by atoms with Crippen molar-refractivity contribution in [2.24, 2.45) is 0 Å². The number of pyridine rings is 1. The van der Waals surface area contributed by atoms with Crippen molar-refractivity contribution >= 4 is 17.3 Å². The van der Waals surface area contributed by atoms with Crippen LogP contribution in [0.4, 0.5) is 5.69 Å². The first-order chi connectivity index (χ1) is 6.65. The molecule has 0 saturated heterocycles. The highest BCUT2D eigenvalue weighted by molar-refractivity contribution is 6.31. The zero-order chi connectivity index (χ0) is 11.1. The number of halogens is 1. The van der Waals surface area contributed by atoms with E-state index in [0.717, 1.165) is 0 Å². The second kappa shape index (κ2) is 6.15. The Morgan fingerprint density at radius 1 is 1.50 bits per heavy atom. The van der Waals surface area contributed by atoms with Crippen LogP contribution in [0.2, 0.25) is 5.15 Å². The van der Waals surface area contributed by atoms with Gasteiger partial charge < -0.3 is 4.74 Å². The number of nitro groups is 1. The van der Waals surface area contributed by atoms with E-state index in [2.05, 4.69) is 4.98 Å². The highest BCUT2D eigenvalue weighted by Gasteiger charge is 2.13. The van der Waals surface area contributed by atoms with E-state index in [-0.39, 0.29) is 16.7 Å². The Kier molecular flexibility index (Phi) is 5.55. The fraction of sp³-hybridized carbons (Fsp3) is 0.375. The summed E-state index contributed by atoms with van der Waals surface area (Å²) in [4.78, 5) is 13.3. The quantitative estimate of drug-likeness (QED) is 0.435. The lowest BCUT2D eigenvalue weighted by atomic mass is 10.4. The lowest BCUT2D eigenvalue weighted by molar-refractivity contribution is -0.385. The Morgan fingerprint density at radius 3 is 2.43 bits per heavy atom. The minimum Gasteiger partial charge on any atom is -0.481 e. The molecule has 78 valence electrons. The molecule has 0 aliphatic carbocycles. The summed E-state index contributed by atoms with van der Waals surface area (Å²) in [5, 5.41) is 10.1. The van der Waals surface area contributed by atoms with E-state index in [0.29, 0.717) is 0 Å². The van der Waals surface area contributed by atoms with E-state index in [9.17, 15) is 10.1 Å². The van der Waals surface area contributed by atoms with Crippen LogP contribution in [0.15, 0.2) is 12.1 Å². The van der Waals surface area contributed by atoms with Gasteiger partial charge in [-0.1, -0.05) is 25.4 Å². The van der Waals surface area contributed by atoms with Crippen LogP contribution in [0, 0.1) is 10.1 Å². The fourth-order valence-electron chi connectivity index (χ4n) is 0.660. The molecule has 0 aliphatic rings. The van der Waals surface area contributed by atoms with Gasteiger partial charge in [-0.3, -0.25) is 10.1 Å². The van der Waals surface area contributed by atoms with Gasteiger partial charge in [0.1, 0.15) is 0 Å². The van der Waals surface area contributed by atoms with Gasteiger partial charge >= 0.3 is 5.69 Å². The molecule has 1 aromatic heterocycles. The molecule has 0 saturated carbocycles. The van der Waals surface area contributed by atoms with Crippen molar-refractivity contribution in [3.05, 3.63) is 27.4 Å². The van der Waals surface area contributed by atoms with Crippen LogP contribution in [-0.4, -0.2) is 17.0 Å². The Bertz CT molecular complexity index is 317. The third kappa shape index (κ3) is 3.18. The first kappa shape index (κ1) is 12.6. The van der Waals surface area contributed by atoms with Gasteiger partial charge in [0.15, 0.2) is 0 Å². The second-order valence-electron chi connectivity index (χ2n) is 1.92. The molecule has 5 nitrogen and oxygen atoms in total. The average molecular weight is 219 g/mol. The van der Waals surface area contributed by atoms with E-state index in [1.807, 2.05) is 13.8 Å². The fourth-order valence-corrected chi connectivity index (χ4v) is 0.875. The van der Waals surface area contributed by atoms with Crippen molar-refractivity contribution < 1.29 is 9.66 Å². The molecule has 1 aromatic rings. The standard InChI is InChI=1S/C6H5ClN2O3.C2H6/c1-12-5-3-2-4(9(10)11)6(7)8-5;1-2/h2-3H,1H3;1-2H3. The number of ether oxygens (including phenoxy) is 1. The average Bonchev–Trinajstić information content (AvgIpc) is 2.20. The number of methoxy groups -OCH3 is 1. The highest BCUT2D eigenvalue weighted by atomic mass is 35.5. The molecule has 0 spiro atoms. The summed E-state index contributed by atoms with van der Waals surface area (Å²) < 4.78 is 4.71. The molecule has 0 N–H and O–H groups in total. The van der Waals surface area contributed by atoms with E-state index in [4.69, 9.17) is 16.3 Å². The lowest BCUT2D eigenvalue weighted by Crippen LogP contribution is -1.93. The zero-order valence-corrected chi connectivity index (χ0v) is 8.91. The van der Waals surface area contributed by atoms with Crippen molar-refractivity contribution in [1.82, 2.24) is 4.98 Å². The summed E-state index contributed by atoms with van der Waals surface area (Å²) >= 11 is 5.47. The molecule has 1 heterocycles. The first-order valence-electron chi connectivity index (χ1n) is 4.00. The van der Waals surface area contributed by atoms with E-state index < -0.39 is 4.92 Å². The van der Waals surface area contributed by atoms with Crippen LogP contribution >= 0.6 is 11.6 Å². The number of rotatable bonds is 2. The van der Waals surface area contributed by atoms with Gasteiger partial charge in [-0.25, -0.2) is 0 Å². The third-order valence-electron chi connectivity index (χ3n) is 1.21. The summed E-state index contributed by atoms with van der Waals surface area (Å²) in [6.45, 7) is 4.00. The Labute approximate surface area is 86.8 Å². The monoisotopic (exact) mass is 218 g/mol. The first-order valence-corrected chi connectivity index (χ1v) is 4.38. The third-order valence-corrected chi connectivity index (χ3v) is 1.49. The van der Waals surface area contributed by atoms with Crippen LogP contribution < -0.4 is 4.74 Å². The summed E-state index contributed by atoms with van der Waals surface area (Å²) in [7, 11) is 1.41. The van der Waals surface area contributed by atoms with Gasteiger partial charge in [-0.05, 0) is 0 Å². The Hall–Kier alpha value is -1.36. The largest absolute Gasteiger partial charge is 0.481 e. The summed E-state index contributed by atoms with van der Waals surface area (Å²) in [5.74, 6) is 0.255. The molecule has 0 unspecified atom stereocenters. The van der Waals surface area contributed by atoms with Crippen molar-refractivity contribution in [3.63, 3.8) is 0 Å². The van der Waals surface area contributed by atoms with Gasteiger partial charge in [-0.15, -0.1) is 0 Å². The van der Waals surface area contributed by atoms with Crippen LogP contribution in [0.5, 0.6) is 5.88 Å². The molecule has 14 heavy (non-hydrogen) atoms. The number of aromatic nitrogens is 1. The van der Waals surface area contributed by atoms with Crippen LogP contribution in [-0.2, 0) is 0 Å². The Morgan fingerprint density at radius 2 is 2.07 bits per heavy atom. The molecular formula is C8H11ClN2O3. The minimum atomic E-state index is -0.602. The van der Waals surface area contributed by atoms with Crippen LogP contribution in [0.1, 0.15) is 13.8 Å². The van der Waals surface area contributed by atoms with Crippen molar-refractivity contribution in [3.8, 4) is 5.88 Å².